The Labute approximate surface area is 244 Å². The van der Waals surface area contributed by atoms with Gasteiger partial charge in [0.15, 0.2) is 35.6 Å². The zero-order valence-corrected chi connectivity index (χ0v) is 22.8. The van der Waals surface area contributed by atoms with Gasteiger partial charge in [0.2, 0.25) is 0 Å². The number of aromatic carboxylic acids is 1. The van der Waals surface area contributed by atoms with Crippen molar-refractivity contribution >= 4 is 46.7 Å². The van der Waals surface area contributed by atoms with Gasteiger partial charge in [-0.1, -0.05) is 48.5 Å². The Morgan fingerprint density at radius 3 is 2.51 bits per heavy atom. The number of rotatable bonds is 8. The highest BCUT2D eigenvalue weighted by molar-refractivity contribution is 6.02. The largest absolute Gasteiger partial charge is 0.478 e. The number of para-hydroxylation sites is 1. The van der Waals surface area contributed by atoms with Gasteiger partial charge in [-0.3, -0.25) is 14.7 Å². The van der Waals surface area contributed by atoms with Crippen LogP contribution in [0.5, 0.6) is 0 Å². The summed E-state index contributed by atoms with van der Waals surface area (Å²) in [6, 6.07) is 15.2. The molecular formula is C29H27N7O7. The molecule has 5 atom stereocenters. The van der Waals surface area contributed by atoms with Gasteiger partial charge in [0, 0.05) is 6.54 Å². The van der Waals surface area contributed by atoms with E-state index in [1.54, 1.807) is 29.7 Å². The first-order valence-electron chi connectivity index (χ1n) is 13.5. The SMILES string of the molecule is CCNC(=O)Nc1ncnc2c1ncn2C1OC(C(=O)Nc2ccccc2C(=O)O)C2O[C@H](C=Cc3ccccc3)OC21. The standard InChI is InChI=1S/C29H27N7O7/c1-2-30-29(40)35-24-20-25(32-14-31-24)36(15-33-20)27-23-21(41-19(42-23)13-12-16-8-4-3-5-9-16)22(43-27)26(37)34-18-11-7-6-10-17(18)28(38)39/h3-15,19,21-23,27H,2H2,1H3,(H,34,37)(H,38,39)(H2,30,31,32,35,40)/t19-,21?,22?,23?,27?/m0/s1. The van der Waals surface area contributed by atoms with Crippen molar-refractivity contribution in [2.24, 2.45) is 0 Å². The molecule has 2 fully saturated rings. The third kappa shape index (κ3) is 5.66. The van der Waals surface area contributed by atoms with Crippen molar-refractivity contribution in [3.8, 4) is 0 Å². The number of hydrogen-bond acceptors (Lipinski definition) is 9. The van der Waals surface area contributed by atoms with Crippen LogP contribution < -0.4 is 16.0 Å². The lowest BCUT2D eigenvalue weighted by atomic mass is 10.1. The third-order valence-electron chi connectivity index (χ3n) is 6.89. The second kappa shape index (κ2) is 12.0. The Bertz CT molecular complexity index is 1690. The molecule has 6 rings (SSSR count). The molecule has 43 heavy (non-hydrogen) atoms. The number of urea groups is 1. The highest BCUT2D eigenvalue weighted by Gasteiger charge is 2.56. The molecule has 4 aromatic rings. The number of carboxylic acid groups (broad SMARTS) is 1. The fourth-order valence-electron chi connectivity index (χ4n) is 4.98. The Hall–Kier alpha value is -5.18. The number of carboxylic acids is 1. The zero-order valence-electron chi connectivity index (χ0n) is 22.8. The number of nitrogens with one attached hydrogen (secondary N) is 3. The van der Waals surface area contributed by atoms with E-state index in [1.165, 1.54) is 24.8 Å². The first-order valence-corrected chi connectivity index (χ1v) is 13.5. The normalized spacial score (nSPS) is 22.9. The number of aromatic nitrogens is 4. The van der Waals surface area contributed by atoms with E-state index >= 15 is 0 Å². The highest BCUT2D eigenvalue weighted by Crippen LogP contribution is 2.41. The maximum atomic E-state index is 13.5. The summed E-state index contributed by atoms with van der Waals surface area (Å²) in [7, 11) is 0. The summed E-state index contributed by atoms with van der Waals surface area (Å²) in [6.45, 7) is 2.21. The van der Waals surface area contributed by atoms with E-state index in [1.807, 2.05) is 36.4 Å². The van der Waals surface area contributed by atoms with Crippen molar-refractivity contribution in [1.82, 2.24) is 24.8 Å². The lowest BCUT2D eigenvalue weighted by Gasteiger charge is -2.20. The Morgan fingerprint density at radius 2 is 1.72 bits per heavy atom. The van der Waals surface area contributed by atoms with Crippen LogP contribution in [0.1, 0.15) is 29.1 Å². The summed E-state index contributed by atoms with van der Waals surface area (Å²) in [4.78, 5) is 50.3. The van der Waals surface area contributed by atoms with Gasteiger partial charge < -0.3 is 30.0 Å². The van der Waals surface area contributed by atoms with Crippen molar-refractivity contribution in [3.63, 3.8) is 0 Å². The van der Waals surface area contributed by atoms with Crippen LogP contribution in [0.25, 0.3) is 17.2 Å². The molecule has 3 amide bonds. The van der Waals surface area contributed by atoms with Crippen LogP contribution in [0.4, 0.5) is 16.3 Å². The fourth-order valence-corrected chi connectivity index (χ4v) is 4.98. The van der Waals surface area contributed by atoms with E-state index in [9.17, 15) is 19.5 Å². The Balaban J connectivity index is 1.31. The van der Waals surface area contributed by atoms with Crippen LogP contribution in [0.3, 0.4) is 0 Å². The predicted octanol–water partition coefficient (Wildman–Crippen LogP) is 3.03. The Morgan fingerprint density at radius 1 is 0.953 bits per heavy atom. The lowest BCUT2D eigenvalue weighted by Crippen LogP contribution is -2.38. The molecule has 14 heteroatoms. The van der Waals surface area contributed by atoms with Crippen molar-refractivity contribution < 1.29 is 33.7 Å². The maximum absolute atomic E-state index is 13.5. The van der Waals surface area contributed by atoms with Crippen LogP contribution in [0, 0.1) is 0 Å². The van der Waals surface area contributed by atoms with Crippen LogP contribution in [-0.2, 0) is 19.0 Å². The average molecular weight is 586 g/mol. The smallest absolute Gasteiger partial charge is 0.337 e. The summed E-state index contributed by atoms with van der Waals surface area (Å²) in [5.41, 5.74) is 1.61. The van der Waals surface area contributed by atoms with Crippen molar-refractivity contribution in [1.29, 1.82) is 0 Å². The molecule has 2 saturated heterocycles. The summed E-state index contributed by atoms with van der Waals surface area (Å²) >= 11 is 0. The number of hydrogen-bond donors (Lipinski definition) is 4. The molecule has 2 aromatic carbocycles. The minimum absolute atomic E-state index is 0.0707. The van der Waals surface area contributed by atoms with Crippen LogP contribution in [0.15, 0.2) is 73.3 Å². The van der Waals surface area contributed by atoms with E-state index in [2.05, 4.69) is 30.9 Å². The molecule has 0 spiro atoms. The molecule has 0 bridgehead atoms. The number of carbonyl (C=O) groups excluding carboxylic acids is 2. The molecule has 2 aliphatic rings. The quantitative estimate of drug-likeness (QED) is 0.240. The average Bonchev–Trinajstić information content (AvgIpc) is 3.71. The van der Waals surface area contributed by atoms with E-state index in [0.29, 0.717) is 17.7 Å². The van der Waals surface area contributed by atoms with E-state index in [-0.39, 0.29) is 17.1 Å². The second-order valence-electron chi connectivity index (χ2n) is 9.66. The van der Waals surface area contributed by atoms with Gasteiger partial charge in [0.1, 0.15) is 18.5 Å². The minimum atomic E-state index is -1.19. The first-order chi connectivity index (χ1) is 20.9. The zero-order chi connectivity index (χ0) is 29.9. The fraction of sp³-hybridized carbons (Fsp3) is 0.241. The number of amides is 3. The maximum Gasteiger partial charge on any atom is 0.337 e. The molecule has 0 radical (unpaired) electrons. The number of imidazole rings is 1. The highest BCUT2D eigenvalue weighted by atomic mass is 16.8. The monoisotopic (exact) mass is 585 g/mol. The van der Waals surface area contributed by atoms with Gasteiger partial charge in [-0.15, -0.1) is 0 Å². The molecule has 220 valence electrons. The van der Waals surface area contributed by atoms with Gasteiger partial charge in [-0.05, 0) is 30.7 Å². The number of benzene rings is 2. The number of carbonyl (C=O) groups is 3. The molecule has 2 aliphatic heterocycles. The van der Waals surface area contributed by atoms with E-state index in [0.717, 1.165) is 5.56 Å². The second-order valence-corrected chi connectivity index (χ2v) is 9.66. The van der Waals surface area contributed by atoms with Crippen LogP contribution >= 0.6 is 0 Å². The number of nitrogens with zero attached hydrogens (tertiary/aromatic N) is 4. The van der Waals surface area contributed by atoms with Crippen LogP contribution in [-0.4, -0.2) is 73.7 Å². The topological polar surface area (TPSA) is 179 Å². The molecule has 0 saturated carbocycles. The Kier molecular flexibility index (Phi) is 7.79. The molecule has 4 unspecified atom stereocenters. The number of ether oxygens (including phenoxy) is 3. The summed E-state index contributed by atoms with van der Waals surface area (Å²) in [5, 5.41) is 17.5. The first kappa shape index (κ1) is 28.0. The molecular weight excluding hydrogens is 558 g/mol. The summed E-state index contributed by atoms with van der Waals surface area (Å²) in [6.07, 6.45) is 1.78. The molecule has 2 aromatic heterocycles. The van der Waals surface area contributed by atoms with Gasteiger partial charge in [0.05, 0.1) is 17.6 Å². The predicted molar refractivity (Wildman–Crippen MR) is 153 cm³/mol. The molecule has 4 heterocycles. The van der Waals surface area contributed by atoms with Gasteiger partial charge in [0.25, 0.3) is 5.91 Å². The molecule has 14 nitrogen and oxygen atoms in total. The summed E-state index contributed by atoms with van der Waals surface area (Å²) < 4.78 is 20.2. The minimum Gasteiger partial charge on any atom is -0.478 e. The molecule has 0 aliphatic carbocycles. The molecule has 4 N–H and O–H groups in total. The van der Waals surface area contributed by atoms with Crippen molar-refractivity contribution in [3.05, 3.63) is 84.5 Å². The van der Waals surface area contributed by atoms with Crippen molar-refractivity contribution in [2.45, 2.75) is 37.8 Å². The van der Waals surface area contributed by atoms with Gasteiger partial charge in [-0.25, -0.2) is 24.5 Å². The summed E-state index contributed by atoms with van der Waals surface area (Å²) in [5.74, 6) is -1.61. The van der Waals surface area contributed by atoms with E-state index in [4.69, 9.17) is 14.2 Å². The third-order valence-corrected chi connectivity index (χ3v) is 6.89. The van der Waals surface area contributed by atoms with Gasteiger partial charge in [-0.2, -0.15) is 0 Å². The number of anilines is 2. The van der Waals surface area contributed by atoms with Crippen LogP contribution in [0.2, 0.25) is 0 Å². The number of fused-ring (bicyclic) bond motifs is 2. The lowest BCUT2D eigenvalue weighted by molar-refractivity contribution is -0.148. The van der Waals surface area contributed by atoms with Gasteiger partial charge >= 0.3 is 12.0 Å². The van der Waals surface area contributed by atoms with Crippen molar-refractivity contribution in [2.75, 3.05) is 17.2 Å². The van der Waals surface area contributed by atoms with E-state index < -0.39 is 48.7 Å².